The molecule has 0 saturated carbocycles. The molecule has 1 unspecified atom stereocenters. The van der Waals surface area contributed by atoms with E-state index in [0.717, 1.165) is 11.1 Å². The Morgan fingerprint density at radius 1 is 1.06 bits per heavy atom. The summed E-state index contributed by atoms with van der Waals surface area (Å²) in [6.45, 7) is 5.89. The van der Waals surface area contributed by atoms with Gasteiger partial charge in [0.25, 0.3) is 11.7 Å². The second-order valence-electron chi connectivity index (χ2n) is 8.05. The smallest absolute Gasteiger partial charge is 0.296 e. The molecule has 1 N–H and O–H groups in total. The summed E-state index contributed by atoms with van der Waals surface area (Å²) < 4.78 is 11.1. The molecule has 2 aromatic carbocycles. The van der Waals surface area contributed by atoms with Gasteiger partial charge in [0.05, 0.1) is 30.5 Å². The highest BCUT2D eigenvalue weighted by Crippen LogP contribution is 2.41. The van der Waals surface area contributed by atoms with E-state index in [1.54, 1.807) is 36.4 Å². The standard InChI is InChI=1S/C26H25NO5/c1-16(2)32-19-12-10-18(11-13-19)24(28)22-23(21-9-5-4-7-17(21)3)27(26(30)25(22)29)15-20-8-6-14-31-20/h4-14,16,23,28H,15H2,1-3H3/b24-22-. The van der Waals surface area contributed by atoms with Crippen LogP contribution in [-0.4, -0.2) is 27.8 Å². The molecule has 1 aromatic heterocycles. The van der Waals surface area contributed by atoms with Crippen LogP contribution in [0.2, 0.25) is 0 Å². The molecule has 1 fully saturated rings. The number of hydrogen-bond acceptors (Lipinski definition) is 5. The zero-order valence-corrected chi connectivity index (χ0v) is 18.2. The molecule has 0 bridgehead atoms. The Kier molecular flexibility index (Phi) is 5.86. The lowest BCUT2D eigenvalue weighted by atomic mass is 9.92. The maximum atomic E-state index is 13.1. The number of aliphatic hydroxyl groups excluding tert-OH is 1. The van der Waals surface area contributed by atoms with Crippen molar-refractivity contribution in [3.63, 3.8) is 0 Å². The monoisotopic (exact) mass is 431 g/mol. The number of amides is 1. The van der Waals surface area contributed by atoms with Gasteiger partial charge >= 0.3 is 0 Å². The van der Waals surface area contributed by atoms with Crippen LogP contribution in [-0.2, 0) is 16.1 Å². The van der Waals surface area contributed by atoms with Gasteiger partial charge in [-0.15, -0.1) is 0 Å². The molecular weight excluding hydrogens is 406 g/mol. The highest BCUT2D eigenvalue weighted by Gasteiger charge is 2.46. The molecule has 0 spiro atoms. The number of ether oxygens (including phenoxy) is 1. The van der Waals surface area contributed by atoms with Crippen LogP contribution in [0.1, 0.15) is 42.3 Å². The van der Waals surface area contributed by atoms with E-state index in [-0.39, 0.29) is 24.0 Å². The molecular formula is C26H25NO5. The third-order valence-electron chi connectivity index (χ3n) is 5.43. The second-order valence-corrected chi connectivity index (χ2v) is 8.05. The Labute approximate surface area is 186 Å². The minimum Gasteiger partial charge on any atom is -0.507 e. The van der Waals surface area contributed by atoms with E-state index in [0.29, 0.717) is 17.1 Å². The predicted molar refractivity (Wildman–Crippen MR) is 120 cm³/mol. The van der Waals surface area contributed by atoms with Gasteiger partial charge in [-0.05, 0) is 68.3 Å². The van der Waals surface area contributed by atoms with Crippen molar-refractivity contribution in [2.45, 2.75) is 39.5 Å². The fourth-order valence-electron chi connectivity index (χ4n) is 3.95. The maximum absolute atomic E-state index is 13.1. The first-order chi connectivity index (χ1) is 15.4. The summed E-state index contributed by atoms with van der Waals surface area (Å²) in [5, 5.41) is 11.2. The summed E-state index contributed by atoms with van der Waals surface area (Å²) in [5.41, 5.74) is 2.19. The predicted octanol–water partition coefficient (Wildman–Crippen LogP) is 5.00. The third kappa shape index (κ3) is 4.04. The van der Waals surface area contributed by atoms with E-state index in [4.69, 9.17) is 9.15 Å². The number of aliphatic hydroxyl groups is 1. The first-order valence-corrected chi connectivity index (χ1v) is 10.5. The van der Waals surface area contributed by atoms with Gasteiger partial charge in [0, 0.05) is 5.56 Å². The first kappa shape index (κ1) is 21.4. The lowest BCUT2D eigenvalue weighted by Gasteiger charge is -2.25. The van der Waals surface area contributed by atoms with E-state index >= 15 is 0 Å². The summed E-state index contributed by atoms with van der Waals surface area (Å²) in [4.78, 5) is 27.6. The summed E-state index contributed by atoms with van der Waals surface area (Å²) in [5.74, 6) is -0.388. The van der Waals surface area contributed by atoms with E-state index in [9.17, 15) is 14.7 Å². The number of furan rings is 1. The Balaban J connectivity index is 1.81. The van der Waals surface area contributed by atoms with Crippen molar-refractivity contribution in [3.05, 3.63) is 95.0 Å². The van der Waals surface area contributed by atoms with Gasteiger partial charge in [-0.2, -0.15) is 0 Å². The molecule has 6 nitrogen and oxygen atoms in total. The molecule has 1 atom stereocenters. The van der Waals surface area contributed by atoms with Gasteiger partial charge in [-0.1, -0.05) is 24.3 Å². The van der Waals surface area contributed by atoms with Crippen molar-refractivity contribution in [2.24, 2.45) is 0 Å². The number of Topliss-reactive ketones (excluding diaryl/α,β-unsaturated/α-hetero) is 1. The maximum Gasteiger partial charge on any atom is 0.296 e. The molecule has 0 radical (unpaired) electrons. The molecule has 32 heavy (non-hydrogen) atoms. The molecule has 3 aromatic rings. The van der Waals surface area contributed by atoms with Gasteiger partial charge in [0.2, 0.25) is 0 Å². The van der Waals surface area contributed by atoms with Crippen LogP contribution < -0.4 is 4.74 Å². The summed E-state index contributed by atoms with van der Waals surface area (Å²) in [6.07, 6.45) is 1.54. The summed E-state index contributed by atoms with van der Waals surface area (Å²) in [7, 11) is 0. The largest absolute Gasteiger partial charge is 0.507 e. The van der Waals surface area contributed by atoms with Crippen molar-refractivity contribution in [1.29, 1.82) is 0 Å². The summed E-state index contributed by atoms with van der Waals surface area (Å²) in [6, 6.07) is 17.1. The van der Waals surface area contributed by atoms with E-state index in [1.165, 1.54) is 11.2 Å². The minimum absolute atomic E-state index is 0.0161. The highest BCUT2D eigenvalue weighted by atomic mass is 16.5. The highest BCUT2D eigenvalue weighted by molar-refractivity contribution is 6.46. The number of benzene rings is 2. The topological polar surface area (TPSA) is 80.0 Å². The Hall–Kier alpha value is -3.80. The fraction of sp³-hybridized carbons (Fsp3) is 0.231. The molecule has 0 aliphatic carbocycles. The number of carbonyl (C=O) groups excluding carboxylic acids is 2. The fourth-order valence-corrected chi connectivity index (χ4v) is 3.95. The van der Waals surface area contributed by atoms with Gasteiger partial charge in [0.15, 0.2) is 0 Å². The van der Waals surface area contributed by atoms with Crippen molar-refractivity contribution in [3.8, 4) is 5.75 Å². The Morgan fingerprint density at radius 2 is 1.78 bits per heavy atom. The van der Waals surface area contributed by atoms with Crippen LogP contribution in [0, 0.1) is 6.92 Å². The number of hydrogen-bond donors (Lipinski definition) is 1. The van der Waals surface area contributed by atoms with E-state index in [2.05, 4.69) is 0 Å². The lowest BCUT2D eigenvalue weighted by Crippen LogP contribution is -2.29. The zero-order chi connectivity index (χ0) is 22.8. The zero-order valence-electron chi connectivity index (χ0n) is 18.2. The van der Waals surface area contributed by atoms with Crippen LogP contribution in [0.4, 0.5) is 0 Å². The Bertz CT molecular complexity index is 1160. The summed E-state index contributed by atoms with van der Waals surface area (Å²) >= 11 is 0. The van der Waals surface area contributed by atoms with Crippen LogP contribution in [0.3, 0.4) is 0 Å². The molecule has 2 heterocycles. The van der Waals surface area contributed by atoms with Crippen molar-refractivity contribution >= 4 is 17.4 Å². The number of carbonyl (C=O) groups is 2. The van der Waals surface area contributed by atoms with Crippen LogP contribution >= 0.6 is 0 Å². The van der Waals surface area contributed by atoms with Gasteiger partial charge in [-0.25, -0.2) is 0 Å². The van der Waals surface area contributed by atoms with Gasteiger partial charge < -0.3 is 19.2 Å². The third-order valence-corrected chi connectivity index (χ3v) is 5.43. The SMILES string of the molecule is Cc1ccccc1C1/C(=C(/O)c2ccc(OC(C)C)cc2)C(=O)C(=O)N1Cc1ccco1. The van der Waals surface area contributed by atoms with Gasteiger partial charge in [-0.3, -0.25) is 9.59 Å². The van der Waals surface area contributed by atoms with Crippen molar-refractivity contribution in [2.75, 3.05) is 0 Å². The number of ketones is 1. The van der Waals surface area contributed by atoms with Crippen LogP contribution in [0.15, 0.2) is 76.9 Å². The molecule has 1 amide bonds. The average molecular weight is 431 g/mol. The number of likely N-dealkylation sites (tertiary alicyclic amines) is 1. The average Bonchev–Trinajstić information content (AvgIpc) is 3.36. The normalized spacial score (nSPS) is 17.9. The molecule has 4 rings (SSSR count). The van der Waals surface area contributed by atoms with E-state index in [1.807, 2.05) is 45.0 Å². The molecule has 6 heteroatoms. The lowest BCUT2D eigenvalue weighted by molar-refractivity contribution is -0.140. The van der Waals surface area contributed by atoms with Crippen LogP contribution in [0.5, 0.6) is 5.75 Å². The molecule has 164 valence electrons. The minimum atomic E-state index is -0.729. The molecule has 1 aliphatic heterocycles. The number of aryl methyl sites for hydroxylation is 1. The second kappa shape index (κ2) is 8.75. The van der Waals surface area contributed by atoms with Crippen LogP contribution in [0.25, 0.3) is 5.76 Å². The van der Waals surface area contributed by atoms with Crippen molar-refractivity contribution in [1.82, 2.24) is 4.90 Å². The quantitative estimate of drug-likeness (QED) is 0.338. The van der Waals surface area contributed by atoms with Crippen molar-refractivity contribution < 1.29 is 23.8 Å². The molecule has 1 saturated heterocycles. The Morgan fingerprint density at radius 3 is 2.41 bits per heavy atom. The number of nitrogens with zero attached hydrogens (tertiary/aromatic N) is 1. The molecule has 1 aliphatic rings. The first-order valence-electron chi connectivity index (χ1n) is 10.5. The van der Waals surface area contributed by atoms with E-state index < -0.39 is 17.7 Å². The number of rotatable bonds is 6. The van der Waals surface area contributed by atoms with Gasteiger partial charge in [0.1, 0.15) is 17.3 Å².